The van der Waals surface area contributed by atoms with Gasteiger partial charge in [0.15, 0.2) is 0 Å². The SMILES string of the molecule is CCc1ccc(CN2CCC[C@@]2(CC)CO)cc1. The molecule has 0 amide bonds. The summed E-state index contributed by atoms with van der Waals surface area (Å²) < 4.78 is 0. The van der Waals surface area contributed by atoms with Crippen LogP contribution in [-0.2, 0) is 13.0 Å². The van der Waals surface area contributed by atoms with Crippen molar-refractivity contribution in [3.63, 3.8) is 0 Å². The summed E-state index contributed by atoms with van der Waals surface area (Å²) >= 11 is 0. The normalized spacial score (nSPS) is 24.6. The fourth-order valence-electron chi connectivity index (χ4n) is 3.03. The summed E-state index contributed by atoms with van der Waals surface area (Å²) in [4.78, 5) is 2.47. The Hall–Kier alpha value is -0.860. The highest BCUT2D eigenvalue weighted by Gasteiger charge is 2.38. The lowest BCUT2D eigenvalue weighted by Gasteiger charge is -2.36. The van der Waals surface area contributed by atoms with Crippen molar-refractivity contribution in [2.24, 2.45) is 0 Å². The number of hydrogen-bond donors (Lipinski definition) is 1. The molecule has 1 N–H and O–H groups in total. The molecule has 0 unspecified atom stereocenters. The number of nitrogens with zero attached hydrogens (tertiary/aromatic N) is 1. The number of aryl methyl sites for hydroxylation is 1. The molecule has 1 fully saturated rings. The Morgan fingerprint density at radius 2 is 1.83 bits per heavy atom. The molecule has 18 heavy (non-hydrogen) atoms. The fourth-order valence-corrected chi connectivity index (χ4v) is 3.03. The lowest BCUT2D eigenvalue weighted by Crippen LogP contribution is -2.45. The highest BCUT2D eigenvalue weighted by Crippen LogP contribution is 2.33. The first-order valence-corrected chi connectivity index (χ1v) is 7.18. The van der Waals surface area contributed by atoms with Crippen molar-refractivity contribution in [1.29, 1.82) is 0 Å². The van der Waals surface area contributed by atoms with Gasteiger partial charge in [0.05, 0.1) is 6.61 Å². The molecule has 0 aromatic heterocycles. The molecule has 1 aromatic carbocycles. The van der Waals surface area contributed by atoms with Gasteiger partial charge in [-0.15, -0.1) is 0 Å². The van der Waals surface area contributed by atoms with Gasteiger partial charge in [-0.3, -0.25) is 4.90 Å². The predicted octanol–water partition coefficient (Wildman–Crippen LogP) is 2.99. The Morgan fingerprint density at radius 3 is 2.39 bits per heavy atom. The highest BCUT2D eigenvalue weighted by atomic mass is 16.3. The molecule has 0 saturated carbocycles. The maximum Gasteiger partial charge on any atom is 0.0615 e. The van der Waals surface area contributed by atoms with Gasteiger partial charge in [-0.25, -0.2) is 0 Å². The van der Waals surface area contributed by atoms with E-state index in [2.05, 4.69) is 43.0 Å². The lowest BCUT2D eigenvalue weighted by molar-refractivity contribution is 0.0549. The summed E-state index contributed by atoms with van der Waals surface area (Å²) in [6.45, 7) is 6.75. The maximum atomic E-state index is 9.71. The van der Waals surface area contributed by atoms with E-state index in [9.17, 15) is 5.11 Å². The maximum absolute atomic E-state index is 9.71. The van der Waals surface area contributed by atoms with Crippen molar-refractivity contribution in [2.75, 3.05) is 13.2 Å². The van der Waals surface area contributed by atoms with E-state index in [1.54, 1.807) is 0 Å². The molecule has 2 rings (SSSR count). The number of likely N-dealkylation sites (tertiary alicyclic amines) is 1. The molecular weight excluding hydrogens is 222 g/mol. The van der Waals surface area contributed by atoms with Crippen LogP contribution in [0.25, 0.3) is 0 Å². The third kappa shape index (κ3) is 2.60. The van der Waals surface area contributed by atoms with E-state index in [0.29, 0.717) is 0 Å². The number of hydrogen-bond acceptors (Lipinski definition) is 2. The summed E-state index contributed by atoms with van der Waals surface area (Å²) in [6, 6.07) is 8.90. The van der Waals surface area contributed by atoms with E-state index >= 15 is 0 Å². The van der Waals surface area contributed by atoms with Gasteiger partial charge in [0, 0.05) is 12.1 Å². The molecule has 2 heteroatoms. The second-order valence-electron chi connectivity index (χ2n) is 5.43. The minimum atomic E-state index is 0.0312. The first-order chi connectivity index (χ1) is 8.74. The Labute approximate surface area is 111 Å². The molecule has 0 radical (unpaired) electrons. The second kappa shape index (κ2) is 5.85. The summed E-state index contributed by atoms with van der Waals surface area (Å²) in [6.07, 6.45) is 4.48. The van der Waals surface area contributed by atoms with Crippen molar-refractivity contribution >= 4 is 0 Å². The van der Waals surface area contributed by atoms with E-state index in [4.69, 9.17) is 0 Å². The van der Waals surface area contributed by atoms with Crippen molar-refractivity contribution in [2.45, 2.75) is 51.6 Å². The molecule has 1 aliphatic heterocycles. The van der Waals surface area contributed by atoms with E-state index in [1.165, 1.54) is 17.5 Å². The molecule has 1 aliphatic rings. The van der Waals surface area contributed by atoms with Crippen LogP contribution in [0.15, 0.2) is 24.3 Å². The van der Waals surface area contributed by atoms with Crippen LogP contribution in [0.3, 0.4) is 0 Å². The Balaban J connectivity index is 2.07. The Bertz CT molecular complexity index is 367. The average molecular weight is 247 g/mol. The average Bonchev–Trinajstić information content (AvgIpc) is 2.83. The molecule has 0 aliphatic carbocycles. The molecule has 1 saturated heterocycles. The fraction of sp³-hybridized carbons (Fsp3) is 0.625. The van der Waals surface area contributed by atoms with E-state index < -0.39 is 0 Å². The van der Waals surface area contributed by atoms with Crippen molar-refractivity contribution in [1.82, 2.24) is 4.90 Å². The van der Waals surface area contributed by atoms with Crippen molar-refractivity contribution in [3.8, 4) is 0 Å². The van der Waals surface area contributed by atoms with Crippen LogP contribution >= 0.6 is 0 Å². The summed E-state index contributed by atoms with van der Waals surface area (Å²) in [5, 5.41) is 9.71. The number of rotatable bonds is 5. The van der Waals surface area contributed by atoms with Gasteiger partial charge in [-0.05, 0) is 43.4 Å². The van der Waals surface area contributed by atoms with Gasteiger partial charge in [-0.2, -0.15) is 0 Å². The van der Waals surface area contributed by atoms with E-state index in [1.807, 2.05) is 0 Å². The summed E-state index contributed by atoms with van der Waals surface area (Å²) in [5.41, 5.74) is 2.79. The molecule has 0 spiro atoms. The van der Waals surface area contributed by atoms with Gasteiger partial charge in [0.1, 0.15) is 0 Å². The first kappa shape index (κ1) is 13.6. The molecular formula is C16H25NO. The zero-order chi connectivity index (χ0) is 13.0. The third-order valence-electron chi connectivity index (χ3n) is 4.50. The van der Waals surface area contributed by atoms with Gasteiger partial charge in [-0.1, -0.05) is 38.1 Å². The third-order valence-corrected chi connectivity index (χ3v) is 4.50. The highest BCUT2D eigenvalue weighted by molar-refractivity contribution is 5.22. The van der Waals surface area contributed by atoms with Crippen molar-refractivity contribution in [3.05, 3.63) is 35.4 Å². The summed E-state index contributed by atoms with van der Waals surface area (Å²) in [5.74, 6) is 0. The van der Waals surface area contributed by atoms with E-state index in [-0.39, 0.29) is 12.1 Å². The minimum Gasteiger partial charge on any atom is -0.394 e. The Kier molecular flexibility index (Phi) is 4.41. The monoisotopic (exact) mass is 247 g/mol. The molecule has 1 heterocycles. The quantitative estimate of drug-likeness (QED) is 0.864. The predicted molar refractivity (Wildman–Crippen MR) is 75.6 cm³/mol. The van der Waals surface area contributed by atoms with Crippen LogP contribution in [0.4, 0.5) is 0 Å². The minimum absolute atomic E-state index is 0.0312. The number of benzene rings is 1. The van der Waals surface area contributed by atoms with Gasteiger partial charge < -0.3 is 5.11 Å². The van der Waals surface area contributed by atoms with Crippen LogP contribution in [-0.4, -0.2) is 28.7 Å². The van der Waals surface area contributed by atoms with Crippen molar-refractivity contribution < 1.29 is 5.11 Å². The number of aliphatic hydroxyl groups is 1. The van der Waals surface area contributed by atoms with E-state index in [0.717, 1.165) is 32.4 Å². The standard InChI is InChI=1S/C16H25NO/c1-3-14-6-8-15(9-7-14)12-17-11-5-10-16(17,4-2)13-18/h6-9,18H,3-5,10-13H2,1-2H3/t16-/m0/s1. The smallest absolute Gasteiger partial charge is 0.0615 e. The zero-order valence-corrected chi connectivity index (χ0v) is 11.7. The molecule has 1 atom stereocenters. The molecule has 100 valence electrons. The first-order valence-electron chi connectivity index (χ1n) is 7.18. The van der Waals surface area contributed by atoms with Crippen LogP contribution < -0.4 is 0 Å². The topological polar surface area (TPSA) is 23.5 Å². The van der Waals surface area contributed by atoms with Crippen LogP contribution in [0.2, 0.25) is 0 Å². The summed E-state index contributed by atoms with van der Waals surface area (Å²) in [7, 11) is 0. The molecule has 2 nitrogen and oxygen atoms in total. The van der Waals surface area contributed by atoms with Crippen LogP contribution in [0.1, 0.15) is 44.2 Å². The zero-order valence-electron chi connectivity index (χ0n) is 11.7. The van der Waals surface area contributed by atoms with Crippen LogP contribution in [0, 0.1) is 0 Å². The molecule has 0 bridgehead atoms. The van der Waals surface area contributed by atoms with Gasteiger partial charge in [0.25, 0.3) is 0 Å². The number of aliphatic hydroxyl groups excluding tert-OH is 1. The van der Waals surface area contributed by atoms with Gasteiger partial charge >= 0.3 is 0 Å². The Morgan fingerprint density at radius 1 is 1.17 bits per heavy atom. The van der Waals surface area contributed by atoms with Crippen LogP contribution in [0.5, 0.6) is 0 Å². The second-order valence-corrected chi connectivity index (χ2v) is 5.43. The van der Waals surface area contributed by atoms with Gasteiger partial charge in [0.2, 0.25) is 0 Å². The largest absolute Gasteiger partial charge is 0.394 e. The lowest BCUT2D eigenvalue weighted by atomic mass is 9.93. The molecule has 1 aromatic rings.